The van der Waals surface area contributed by atoms with Crippen LogP contribution in [0, 0.1) is 0 Å². The first-order valence-corrected chi connectivity index (χ1v) is 7.10. The quantitative estimate of drug-likeness (QED) is 0.715. The zero-order chi connectivity index (χ0) is 14.6. The zero-order valence-electron chi connectivity index (χ0n) is 13.0. The molecule has 0 atom stereocenters. The van der Waals surface area contributed by atoms with Crippen molar-refractivity contribution in [3.8, 4) is 5.75 Å². The molecule has 0 aliphatic carbocycles. The molecule has 106 valence electrons. The topological polar surface area (TPSA) is 26.3 Å². The van der Waals surface area contributed by atoms with Crippen molar-refractivity contribution in [1.29, 1.82) is 0 Å². The molecule has 0 spiro atoms. The van der Waals surface area contributed by atoms with Gasteiger partial charge in [-0.25, -0.2) is 0 Å². The van der Waals surface area contributed by atoms with E-state index >= 15 is 0 Å². The van der Waals surface area contributed by atoms with Gasteiger partial charge < -0.3 is 4.74 Å². The number of carbonyl (C=O) groups excluding carboxylic acids is 1. The van der Waals surface area contributed by atoms with E-state index in [2.05, 4.69) is 26.8 Å². The van der Waals surface area contributed by atoms with Crippen molar-refractivity contribution >= 4 is 5.78 Å². The summed E-state index contributed by atoms with van der Waals surface area (Å²) in [6.07, 6.45) is 1.51. The summed E-state index contributed by atoms with van der Waals surface area (Å²) in [5.74, 6) is 0.880. The average Bonchev–Trinajstić information content (AvgIpc) is 2.27. The van der Waals surface area contributed by atoms with E-state index in [0.717, 1.165) is 12.0 Å². The van der Waals surface area contributed by atoms with E-state index in [0.29, 0.717) is 12.2 Å². The van der Waals surface area contributed by atoms with Crippen LogP contribution in [0.5, 0.6) is 5.75 Å². The average molecular weight is 262 g/mol. The van der Waals surface area contributed by atoms with Crippen molar-refractivity contribution < 1.29 is 9.53 Å². The first kappa shape index (κ1) is 15.7. The Morgan fingerprint density at radius 3 is 2.37 bits per heavy atom. The molecular formula is C17H26O2. The minimum absolute atomic E-state index is 0.0393. The van der Waals surface area contributed by atoms with E-state index in [-0.39, 0.29) is 17.3 Å². The van der Waals surface area contributed by atoms with Crippen molar-refractivity contribution in [1.82, 2.24) is 0 Å². The molecule has 2 heteroatoms. The fourth-order valence-electron chi connectivity index (χ4n) is 1.93. The van der Waals surface area contributed by atoms with Crippen LogP contribution in [-0.4, -0.2) is 11.9 Å². The highest BCUT2D eigenvalue weighted by Gasteiger charge is 2.19. The molecule has 0 aliphatic heterocycles. The lowest BCUT2D eigenvalue weighted by Crippen LogP contribution is -2.15. The monoisotopic (exact) mass is 262 g/mol. The summed E-state index contributed by atoms with van der Waals surface area (Å²) in [6, 6.07) is 5.99. The van der Waals surface area contributed by atoms with Crippen LogP contribution in [0.25, 0.3) is 0 Å². The molecule has 0 unspecified atom stereocenters. The molecule has 0 radical (unpaired) electrons. The Balaban J connectivity index is 3.22. The predicted octanol–water partition coefficient (Wildman–Crippen LogP) is 4.75. The summed E-state index contributed by atoms with van der Waals surface area (Å²) >= 11 is 0. The maximum absolute atomic E-state index is 12.2. The molecular weight excluding hydrogens is 236 g/mol. The molecule has 0 aliphatic rings. The Kier molecular flexibility index (Phi) is 5.16. The summed E-state index contributed by atoms with van der Waals surface area (Å²) in [7, 11) is 0. The van der Waals surface area contributed by atoms with E-state index in [1.54, 1.807) is 0 Å². The maximum Gasteiger partial charge on any atom is 0.166 e. The van der Waals surface area contributed by atoms with E-state index in [9.17, 15) is 4.79 Å². The van der Waals surface area contributed by atoms with Gasteiger partial charge in [-0.2, -0.15) is 0 Å². The number of ether oxygens (including phenoxy) is 1. The highest BCUT2D eigenvalue weighted by molar-refractivity contribution is 5.98. The Labute approximate surface area is 117 Å². The van der Waals surface area contributed by atoms with Crippen molar-refractivity contribution in [3.05, 3.63) is 29.3 Å². The smallest absolute Gasteiger partial charge is 0.166 e. The highest BCUT2D eigenvalue weighted by Crippen LogP contribution is 2.29. The lowest BCUT2D eigenvalue weighted by Gasteiger charge is -2.22. The molecule has 1 aromatic carbocycles. The van der Waals surface area contributed by atoms with Crippen molar-refractivity contribution in [2.24, 2.45) is 0 Å². The summed E-state index contributed by atoms with van der Waals surface area (Å²) in [5.41, 5.74) is 1.93. The van der Waals surface area contributed by atoms with Gasteiger partial charge in [0.2, 0.25) is 0 Å². The molecule has 0 bridgehead atoms. The standard InChI is InChI=1S/C17H26O2/c1-7-8-15(18)14-11-13(17(4,5)6)9-10-16(14)19-12(2)3/h9-12H,7-8H2,1-6H3. The number of carbonyl (C=O) groups is 1. The lowest BCUT2D eigenvalue weighted by molar-refractivity contribution is 0.0976. The molecule has 0 saturated heterocycles. The van der Waals surface area contributed by atoms with Gasteiger partial charge in [0.05, 0.1) is 11.7 Å². The normalized spacial score (nSPS) is 11.7. The van der Waals surface area contributed by atoms with E-state index < -0.39 is 0 Å². The molecule has 1 aromatic rings. The molecule has 0 fully saturated rings. The molecule has 0 heterocycles. The van der Waals surface area contributed by atoms with Crippen LogP contribution in [-0.2, 0) is 5.41 Å². The minimum atomic E-state index is 0.0393. The van der Waals surface area contributed by atoms with Gasteiger partial charge in [-0.05, 0) is 43.4 Å². The van der Waals surface area contributed by atoms with Gasteiger partial charge in [0.1, 0.15) is 5.75 Å². The van der Waals surface area contributed by atoms with Crippen molar-refractivity contribution in [2.75, 3.05) is 0 Å². The second-order valence-electron chi connectivity index (χ2n) is 6.30. The molecule has 1 rings (SSSR count). The number of rotatable bonds is 5. The maximum atomic E-state index is 12.2. The molecule has 2 nitrogen and oxygen atoms in total. The van der Waals surface area contributed by atoms with Crippen molar-refractivity contribution in [2.45, 2.75) is 65.9 Å². The van der Waals surface area contributed by atoms with Crippen LogP contribution in [0.2, 0.25) is 0 Å². The largest absolute Gasteiger partial charge is 0.490 e. The van der Waals surface area contributed by atoms with Gasteiger partial charge in [0.15, 0.2) is 5.78 Å². The lowest BCUT2D eigenvalue weighted by atomic mass is 9.85. The SMILES string of the molecule is CCCC(=O)c1cc(C(C)(C)C)ccc1OC(C)C. The van der Waals surface area contributed by atoms with E-state index in [1.807, 2.05) is 32.9 Å². The van der Waals surface area contributed by atoms with Gasteiger partial charge in [-0.1, -0.05) is 33.8 Å². The van der Waals surface area contributed by atoms with Gasteiger partial charge in [-0.3, -0.25) is 4.79 Å². The number of ketones is 1. The molecule has 0 amide bonds. The fourth-order valence-corrected chi connectivity index (χ4v) is 1.93. The van der Waals surface area contributed by atoms with Gasteiger partial charge in [0, 0.05) is 6.42 Å². The summed E-state index contributed by atoms with van der Waals surface area (Å²) in [4.78, 5) is 12.2. The van der Waals surface area contributed by atoms with Crippen LogP contribution in [0.3, 0.4) is 0 Å². The number of hydrogen-bond acceptors (Lipinski definition) is 2. The van der Waals surface area contributed by atoms with Crippen molar-refractivity contribution in [3.63, 3.8) is 0 Å². The Bertz CT molecular complexity index is 439. The third-order valence-corrected chi connectivity index (χ3v) is 2.99. The van der Waals surface area contributed by atoms with Crippen LogP contribution < -0.4 is 4.74 Å². The number of Topliss-reactive ketones (excluding diaryl/α,β-unsaturated/α-hetero) is 1. The Morgan fingerprint density at radius 2 is 1.89 bits per heavy atom. The number of benzene rings is 1. The third-order valence-electron chi connectivity index (χ3n) is 2.99. The summed E-state index contributed by atoms with van der Waals surface area (Å²) in [6.45, 7) is 12.4. The molecule has 0 saturated carbocycles. The minimum Gasteiger partial charge on any atom is -0.490 e. The fraction of sp³-hybridized carbons (Fsp3) is 0.588. The zero-order valence-corrected chi connectivity index (χ0v) is 13.0. The molecule has 19 heavy (non-hydrogen) atoms. The second-order valence-corrected chi connectivity index (χ2v) is 6.30. The van der Waals surface area contributed by atoms with Gasteiger partial charge >= 0.3 is 0 Å². The van der Waals surface area contributed by atoms with Gasteiger partial charge in [-0.15, -0.1) is 0 Å². The molecule has 0 aromatic heterocycles. The predicted molar refractivity (Wildman–Crippen MR) is 80.1 cm³/mol. The summed E-state index contributed by atoms with van der Waals surface area (Å²) < 4.78 is 5.76. The first-order valence-electron chi connectivity index (χ1n) is 7.10. The molecule has 0 N–H and O–H groups in total. The number of hydrogen-bond donors (Lipinski definition) is 0. The van der Waals surface area contributed by atoms with Crippen LogP contribution >= 0.6 is 0 Å². The van der Waals surface area contributed by atoms with Crippen LogP contribution in [0.1, 0.15) is 70.3 Å². The second kappa shape index (κ2) is 6.23. The van der Waals surface area contributed by atoms with E-state index in [4.69, 9.17) is 4.74 Å². The third kappa shape index (κ3) is 4.38. The van der Waals surface area contributed by atoms with Crippen LogP contribution in [0.4, 0.5) is 0 Å². The highest BCUT2D eigenvalue weighted by atomic mass is 16.5. The van der Waals surface area contributed by atoms with E-state index in [1.165, 1.54) is 5.56 Å². The first-order chi connectivity index (χ1) is 8.75. The Morgan fingerprint density at radius 1 is 1.26 bits per heavy atom. The van der Waals surface area contributed by atoms with Gasteiger partial charge in [0.25, 0.3) is 0 Å². The summed E-state index contributed by atoms with van der Waals surface area (Å²) in [5, 5.41) is 0. The Hall–Kier alpha value is -1.31. The van der Waals surface area contributed by atoms with Crippen LogP contribution in [0.15, 0.2) is 18.2 Å².